The first-order chi connectivity index (χ1) is 7.22. The summed E-state index contributed by atoms with van der Waals surface area (Å²) in [6.07, 6.45) is 2.60. The highest BCUT2D eigenvalue weighted by molar-refractivity contribution is 5.85. The van der Waals surface area contributed by atoms with Gasteiger partial charge >= 0.3 is 5.97 Å². The van der Waals surface area contributed by atoms with Gasteiger partial charge in [-0.25, -0.2) is 4.79 Å². The summed E-state index contributed by atoms with van der Waals surface area (Å²) >= 11 is 0. The molecule has 1 aromatic rings. The third-order valence-corrected chi connectivity index (χ3v) is 1.64. The van der Waals surface area contributed by atoms with Crippen LogP contribution in [0.15, 0.2) is 30.3 Å². The minimum atomic E-state index is -0.963. The van der Waals surface area contributed by atoms with E-state index in [1.54, 1.807) is 31.4 Å². The van der Waals surface area contributed by atoms with Crippen LogP contribution in [0.1, 0.15) is 5.56 Å². The lowest BCUT2D eigenvalue weighted by Gasteiger charge is -2.03. The first-order valence-corrected chi connectivity index (χ1v) is 4.35. The Morgan fingerprint density at radius 2 is 2.07 bits per heavy atom. The van der Waals surface area contributed by atoms with Gasteiger partial charge in [-0.2, -0.15) is 0 Å². The van der Waals surface area contributed by atoms with Crippen molar-refractivity contribution in [2.75, 3.05) is 13.9 Å². The van der Waals surface area contributed by atoms with Crippen LogP contribution in [0.4, 0.5) is 0 Å². The third kappa shape index (κ3) is 4.28. The Hall–Kier alpha value is -1.81. The van der Waals surface area contributed by atoms with Gasteiger partial charge < -0.3 is 14.6 Å². The van der Waals surface area contributed by atoms with Crippen LogP contribution < -0.4 is 4.74 Å². The van der Waals surface area contributed by atoms with E-state index >= 15 is 0 Å². The largest absolute Gasteiger partial charge is 0.478 e. The van der Waals surface area contributed by atoms with Gasteiger partial charge in [0.25, 0.3) is 0 Å². The fourth-order valence-electron chi connectivity index (χ4n) is 0.970. The highest BCUT2D eigenvalue weighted by Crippen LogP contribution is 2.12. The van der Waals surface area contributed by atoms with Crippen molar-refractivity contribution in [3.63, 3.8) is 0 Å². The molecular weight excluding hydrogens is 196 g/mol. The van der Waals surface area contributed by atoms with Crippen molar-refractivity contribution in [1.29, 1.82) is 0 Å². The molecule has 1 rings (SSSR count). The molecule has 4 nitrogen and oxygen atoms in total. The summed E-state index contributed by atoms with van der Waals surface area (Å²) in [6.45, 7) is 0.199. The second kappa shape index (κ2) is 5.82. The fourth-order valence-corrected chi connectivity index (χ4v) is 0.970. The molecule has 0 heterocycles. The van der Waals surface area contributed by atoms with E-state index in [0.717, 1.165) is 11.6 Å². The summed E-state index contributed by atoms with van der Waals surface area (Å²) in [6, 6.07) is 7.04. The Morgan fingerprint density at radius 3 is 2.60 bits per heavy atom. The monoisotopic (exact) mass is 208 g/mol. The van der Waals surface area contributed by atoms with Gasteiger partial charge in [0.1, 0.15) is 5.75 Å². The molecule has 0 aliphatic carbocycles. The number of ether oxygens (including phenoxy) is 2. The first-order valence-electron chi connectivity index (χ1n) is 4.35. The van der Waals surface area contributed by atoms with E-state index < -0.39 is 5.97 Å². The number of carboxylic acid groups (broad SMARTS) is 1. The Bertz CT molecular complexity index is 340. The maximum atomic E-state index is 10.3. The minimum Gasteiger partial charge on any atom is -0.478 e. The van der Waals surface area contributed by atoms with Gasteiger partial charge in [0, 0.05) is 13.2 Å². The zero-order valence-electron chi connectivity index (χ0n) is 8.34. The zero-order chi connectivity index (χ0) is 11.1. The predicted octanol–water partition coefficient (Wildman–Crippen LogP) is 1.77. The maximum absolute atomic E-state index is 10.3. The van der Waals surface area contributed by atoms with Crippen LogP contribution in [-0.2, 0) is 9.53 Å². The van der Waals surface area contributed by atoms with E-state index in [2.05, 4.69) is 0 Å². The van der Waals surface area contributed by atoms with Crippen LogP contribution in [0, 0.1) is 0 Å². The van der Waals surface area contributed by atoms with Gasteiger partial charge in [-0.15, -0.1) is 0 Å². The molecule has 4 heteroatoms. The summed E-state index contributed by atoms with van der Waals surface area (Å²) in [7, 11) is 1.55. The van der Waals surface area contributed by atoms with E-state index in [4.69, 9.17) is 14.6 Å². The summed E-state index contributed by atoms with van der Waals surface area (Å²) in [5.41, 5.74) is 0.808. The molecule has 0 saturated carbocycles. The van der Waals surface area contributed by atoms with Crippen LogP contribution in [0.25, 0.3) is 6.08 Å². The first kappa shape index (κ1) is 11.3. The number of hydrogen-bond donors (Lipinski definition) is 1. The van der Waals surface area contributed by atoms with Crippen LogP contribution in [-0.4, -0.2) is 25.0 Å². The summed E-state index contributed by atoms with van der Waals surface area (Å²) in [5, 5.41) is 8.42. The number of rotatable bonds is 5. The molecule has 0 radical (unpaired) electrons. The van der Waals surface area contributed by atoms with Gasteiger partial charge in [0.15, 0.2) is 6.79 Å². The Balaban J connectivity index is 2.60. The molecule has 0 fully saturated rings. The highest BCUT2D eigenvalue weighted by Gasteiger charge is 1.93. The van der Waals surface area contributed by atoms with Crippen molar-refractivity contribution in [2.24, 2.45) is 0 Å². The molecule has 0 amide bonds. The number of carbonyl (C=O) groups is 1. The van der Waals surface area contributed by atoms with Gasteiger partial charge in [0.05, 0.1) is 0 Å². The van der Waals surface area contributed by atoms with E-state index in [-0.39, 0.29) is 6.79 Å². The second-order valence-corrected chi connectivity index (χ2v) is 2.79. The van der Waals surface area contributed by atoms with Crippen molar-refractivity contribution in [3.05, 3.63) is 35.9 Å². The Labute approximate surface area is 87.7 Å². The van der Waals surface area contributed by atoms with Crippen molar-refractivity contribution in [3.8, 4) is 5.75 Å². The molecule has 0 aliphatic rings. The molecule has 0 spiro atoms. The van der Waals surface area contributed by atoms with Gasteiger partial charge in [-0.3, -0.25) is 0 Å². The molecule has 0 aromatic heterocycles. The number of methoxy groups -OCH3 is 1. The number of hydrogen-bond acceptors (Lipinski definition) is 3. The normalized spacial score (nSPS) is 10.5. The van der Waals surface area contributed by atoms with Crippen molar-refractivity contribution >= 4 is 12.0 Å². The smallest absolute Gasteiger partial charge is 0.328 e. The average molecular weight is 208 g/mol. The maximum Gasteiger partial charge on any atom is 0.328 e. The predicted molar refractivity (Wildman–Crippen MR) is 55.6 cm³/mol. The molecule has 0 atom stereocenters. The average Bonchev–Trinajstić information content (AvgIpc) is 2.25. The van der Waals surface area contributed by atoms with Crippen molar-refractivity contribution < 1.29 is 19.4 Å². The molecule has 1 aromatic carbocycles. The number of aliphatic carboxylic acids is 1. The molecule has 0 unspecified atom stereocenters. The molecule has 0 bridgehead atoms. The summed E-state index contributed by atoms with van der Waals surface area (Å²) < 4.78 is 9.91. The lowest BCUT2D eigenvalue weighted by Crippen LogP contribution is -1.98. The molecular formula is C11H12O4. The second-order valence-electron chi connectivity index (χ2n) is 2.79. The van der Waals surface area contributed by atoms with Gasteiger partial charge in [-0.1, -0.05) is 12.1 Å². The summed E-state index contributed by atoms with van der Waals surface area (Å²) in [5.74, 6) is -0.279. The molecule has 80 valence electrons. The SMILES string of the molecule is COCOc1ccc(C=CC(=O)O)cc1. The van der Waals surface area contributed by atoms with Crippen molar-refractivity contribution in [1.82, 2.24) is 0 Å². The van der Waals surface area contributed by atoms with Crippen LogP contribution in [0.2, 0.25) is 0 Å². The minimum absolute atomic E-state index is 0.199. The van der Waals surface area contributed by atoms with Gasteiger partial charge in [0.2, 0.25) is 0 Å². The van der Waals surface area contributed by atoms with E-state index in [0.29, 0.717) is 5.75 Å². The quantitative estimate of drug-likeness (QED) is 0.591. The van der Waals surface area contributed by atoms with E-state index in [9.17, 15) is 4.79 Å². The van der Waals surface area contributed by atoms with Crippen molar-refractivity contribution in [2.45, 2.75) is 0 Å². The zero-order valence-corrected chi connectivity index (χ0v) is 8.34. The topological polar surface area (TPSA) is 55.8 Å². The highest BCUT2D eigenvalue weighted by atomic mass is 16.7. The number of carboxylic acids is 1. The van der Waals surface area contributed by atoms with Crippen LogP contribution in [0.5, 0.6) is 5.75 Å². The lowest BCUT2D eigenvalue weighted by molar-refractivity contribution is -0.131. The standard InChI is InChI=1S/C11H12O4/c1-14-8-15-10-5-2-9(3-6-10)4-7-11(12)13/h2-7H,8H2,1H3,(H,12,13). The van der Waals surface area contributed by atoms with E-state index in [1.165, 1.54) is 6.08 Å². The Kier molecular flexibility index (Phi) is 4.37. The van der Waals surface area contributed by atoms with E-state index in [1.807, 2.05) is 0 Å². The molecule has 0 saturated heterocycles. The summed E-state index contributed by atoms with van der Waals surface area (Å²) in [4.78, 5) is 10.3. The fraction of sp³-hybridized carbons (Fsp3) is 0.182. The molecule has 0 aliphatic heterocycles. The lowest BCUT2D eigenvalue weighted by atomic mass is 10.2. The van der Waals surface area contributed by atoms with Crippen LogP contribution >= 0.6 is 0 Å². The molecule has 15 heavy (non-hydrogen) atoms. The number of benzene rings is 1. The van der Waals surface area contributed by atoms with Crippen LogP contribution in [0.3, 0.4) is 0 Å². The molecule has 1 N–H and O–H groups in total. The Morgan fingerprint density at radius 1 is 1.40 bits per heavy atom. The third-order valence-electron chi connectivity index (χ3n) is 1.64. The van der Waals surface area contributed by atoms with Gasteiger partial charge in [-0.05, 0) is 23.8 Å².